The van der Waals surface area contributed by atoms with Crippen LogP contribution in [0.1, 0.15) is 5.56 Å². The zero-order chi connectivity index (χ0) is 25.8. The molecular formula is C24H21BrClN3O6S. The molecule has 0 aliphatic carbocycles. The molecule has 12 heteroatoms. The van der Waals surface area contributed by atoms with Crippen molar-refractivity contribution in [3.05, 3.63) is 62.4 Å². The molecule has 2 aromatic rings. The average molecular weight is 595 g/mol. The van der Waals surface area contributed by atoms with Gasteiger partial charge >= 0.3 is 5.97 Å². The summed E-state index contributed by atoms with van der Waals surface area (Å²) in [6.45, 7) is 1.45. The van der Waals surface area contributed by atoms with Gasteiger partial charge in [-0.25, -0.2) is 4.79 Å². The van der Waals surface area contributed by atoms with Gasteiger partial charge in [0.1, 0.15) is 6.54 Å². The summed E-state index contributed by atoms with van der Waals surface area (Å²) in [4.78, 5) is 54.0. The second kappa shape index (κ2) is 11.4. The molecule has 2 heterocycles. The van der Waals surface area contributed by atoms with Gasteiger partial charge in [-0.3, -0.25) is 19.3 Å². The number of para-hydroxylation sites is 1. The Bertz CT molecular complexity index is 1210. The van der Waals surface area contributed by atoms with Gasteiger partial charge < -0.3 is 19.6 Å². The molecule has 0 spiro atoms. The topological polar surface area (TPSA) is 107 Å². The van der Waals surface area contributed by atoms with Crippen molar-refractivity contribution in [1.82, 2.24) is 9.80 Å². The van der Waals surface area contributed by atoms with E-state index in [1.54, 1.807) is 11.0 Å². The van der Waals surface area contributed by atoms with Gasteiger partial charge in [-0.1, -0.05) is 29.8 Å². The van der Waals surface area contributed by atoms with Gasteiger partial charge in [0, 0.05) is 31.9 Å². The maximum atomic E-state index is 12.9. The second-order valence-electron chi connectivity index (χ2n) is 7.97. The summed E-state index contributed by atoms with van der Waals surface area (Å²) in [5.74, 6) is -1.83. The number of imide groups is 1. The Morgan fingerprint density at radius 3 is 2.44 bits per heavy atom. The first-order valence-electron chi connectivity index (χ1n) is 10.9. The summed E-state index contributed by atoms with van der Waals surface area (Å²) in [6, 6.07) is 13.0. The van der Waals surface area contributed by atoms with Crippen LogP contribution in [0, 0.1) is 0 Å². The molecule has 188 valence electrons. The van der Waals surface area contributed by atoms with Crippen LogP contribution in [0.4, 0.5) is 10.5 Å². The molecule has 3 amide bonds. The zero-order valence-electron chi connectivity index (χ0n) is 18.9. The van der Waals surface area contributed by atoms with Gasteiger partial charge in [-0.05, 0) is 63.6 Å². The summed E-state index contributed by atoms with van der Waals surface area (Å²) in [6.07, 6.45) is 1.49. The summed E-state index contributed by atoms with van der Waals surface area (Å²) >= 11 is 10.2. The molecule has 2 aliphatic heterocycles. The third kappa shape index (κ3) is 6.03. The molecule has 0 saturated carbocycles. The number of anilines is 1. The standard InChI is InChI=1S/C24H21BrClN3O6S/c25-17-10-15(11-18(26)22(17)35-14-21(31)32)12-19-23(33)29(24(34)36-19)13-20(30)28-8-6-27(7-9-28)16-4-2-1-3-5-16/h1-5,10-12H,6-9,13-14H2,(H,31,32)/b19-12+. The van der Waals surface area contributed by atoms with Gasteiger partial charge in [-0.15, -0.1) is 0 Å². The Kier molecular flexibility index (Phi) is 8.22. The number of amides is 3. The predicted octanol–water partition coefficient (Wildman–Crippen LogP) is 3.95. The van der Waals surface area contributed by atoms with Gasteiger partial charge in [0.25, 0.3) is 11.1 Å². The Balaban J connectivity index is 1.38. The Hall–Kier alpha value is -3.02. The molecule has 1 N–H and O–H groups in total. The van der Waals surface area contributed by atoms with Crippen LogP contribution in [-0.2, 0) is 14.4 Å². The van der Waals surface area contributed by atoms with E-state index in [0.29, 0.717) is 36.2 Å². The lowest BCUT2D eigenvalue weighted by atomic mass is 10.2. The lowest BCUT2D eigenvalue weighted by Gasteiger charge is -2.36. The molecule has 36 heavy (non-hydrogen) atoms. The van der Waals surface area contributed by atoms with Crippen molar-refractivity contribution in [1.29, 1.82) is 0 Å². The Morgan fingerprint density at radius 1 is 1.11 bits per heavy atom. The summed E-state index contributed by atoms with van der Waals surface area (Å²) in [5, 5.41) is 8.41. The van der Waals surface area contributed by atoms with Crippen LogP contribution in [0.5, 0.6) is 5.75 Å². The average Bonchev–Trinajstić information content (AvgIpc) is 3.11. The first kappa shape index (κ1) is 26.1. The number of carboxylic acid groups (broad SMARTS) is 1. The van der Waals surface area contributed by atoms with Crippen molar-refractivity contribution in [3.63, 3.8) is 0 Å². The smallest absolute Gasteiger partial charge is 0.341 e. The maximum Gasteiger partial charge on any atom is 0.341 e. The van der Waals surface area contributed by atoms with Crippen LogP contribution in [0.15, 0.2) is 51.8 Å². The number of carbonyl (C=O) groups excluding carboxylic acids is 3. The fourth-order valence-electron chi connectivity index (χ4n) is 3.81. The normalized spacial score (nSPS) is 17.2. The van der Waals surface area contributed by atoms with Gasteiger partial charge in [-0.2, -0.15) is 0 Å². The van der Waals surface area contributed by atoms with Crippen LogP contribution in [-0.4, -0.2) is 77.3 Å². The number of thioether (sulfide) groups is 1. The lowest BCUT2D eigenvalue weighted by molar-refractivity contribution is -0.139. The molecule has 2 saturated heterocycles. The number of rotatable bonds is 7. The lowest BCUT2D eigenvalue weighted by Crippen LogP contribution is -2.51. The van der Waals surface area contributed by atoms with Crippen LogP contribution in [0.2, 0.25) is 5.02 Å². The number of carboxylic acids is 1. The van der Waals surface area contributed by atoms with E-state index in [2.05, 4.69) is 20.8 Å². The van der Waals surface area contributed by atoms with E-state index in [9.17, 15) is 19.2 Å². The van der Waals surface area contributed by atoms with Crippen molar-refractivity contribution in [2.45, 2.75) is 0 Å². The second-order valence-corrected chi connectivity index (χ2v) is 10.2. The molecule has 4 rings (SSSR count). The Labute approximate surface area is 224 Å². The van der Waals surface area contributed by atoms with E-state index in [-0.39, 0.29) is 28.1 Å². The molecule has 2 aliphatic rings. The number of hydrogen-bond donors (Lipinski definition) is 1. The van der Waals surface area contributed by atoms with E-state index in [4.69, 9.17) is 21.4 Å². The SMILES string of the molecule is O=C(O)COc1c(Cl)cc(/C=C2/SC(=O)N(CC(=O)N3CCN(c4ccccc4)CC3)C2=O)cc1Br. The number of nitrogens with zero attached hydrogens (tertiary/aromatic N) is 3. The van der Waals surface area contributed by atoms with E-state index < -0.39 is 23.7 Å². The fourth-order valence-corrected chi connectivity index (χ4v) is 5.64. The van der Waals surface area contributed by atoms with Crippen molar-refractivity contribution in [3.8, 4) is 5.75 Å². The third-order valence-electron chi connectivity index (χ3n) is 5.58. The molecule has 0 atom stereocenters. The number of ether oxygens (including phenoxy) is 1. The number of carbonyl (C=O) groups is 4. The van der Waals surface area contributed by atoms with E-state index in [1.165, 1.54) is 12.1 Å². The van der Waals surface area contributed by atoms with Gasteiger partial charge in [0.05, 0.1) is 14.4 Å². The quantitative estimate of drug-likeness (QED) is 0.481. The van der Waals surface area contributed by atoms with E-state index in [1.807, 2.05) is 30.3 Å². The van der Waals surface area contributed by atoms with Crippen molar-refractivity contribution < 1.29 is 29.0 Å². The third-order valence-corrected chi connectivity index (χ3v) is 7.36. The zero-order valence-corrected chi connectivity index (χ0v) is 22.0. The Morgan fingerprint density at radius 2 is 1.81 bits per heavy atom. The number of aliphatic carboxylic acids is 1. The fraction of sp³-hybridized carbons (Fsp3) is 0.250. The minimum Gasteiger partial charge on any atom is -0.479 e. The highest BCUT2D eigenvalue weighted by Gasteiger charge is 2.37. The molecule has 0 radical (unpaired) electrons. The van der Waals surface area contributed by atoms with Crippen LogP contribution in [0.3, 0.4) is 0 Å². The van der Waals surface area contributed by atoms with Crippen molar-refractivity contribution in [2.24, 2.45) is 0 Å². The number of piperazine rings is 1. The molecule has 0 unspecified atom stereocenters. The first-order valence-corrected chi connectivity index (χ1v) is 12.9. The van der Waals surface area contributed by atoms with Crippen LogP contribution in [0.25, 0.3) is 6.08 Å². The molecule has 2 fully saturated rings. The highest BCUT2D eigenvalue weighted by atomic mass is 79.9. The summed E-state index contributed by atoms with van der Waals surface area (Å²) < 4.78 is 5.56. The van der Waals surface area contributed by atoms with Gasteiger partial charge in [0.15, 0.2) is 12.4 Å². The summed E-state index contributed by atoms with van der Waals surface area (Å²) in [5.41, 5.74) is 1.59. The highest BCUT2D eigenvalue weighted by molar-refractivity contribution is 9.10. The highest BCUT2D eigenvalue weighted by Crippen LogP contribution is 2.37. The molecule has 9 nitrogen and oxygen atoms in total. The maximum absolute atomic E-state index is 12.9. The monoisotopic (exact) mass is 593 g/mol. The van der Waals surface area contributed by atoms with Crippen molar-refractivity contribution in [2.75, 3.05) is 44.2 Å². The molecule has 0 bridgehead atoms. The van der Waals surface area contributed by atoms with E-state index in [0.717, 1.165) is 22.3 Å². The van der Waals surface area contributed by atoms with Gasteiger partial charge in [0.2, 0.25) is 5.91 Å². The minimum absolute atomic E-state index is 0.140. The first-order chi connectivity index (χ1) is 17.2. The predicted molar refractivity (Wildman–Crippen MR) is 140 cm³/mol. The van der Waals surface area contributed by atoms with Crippen LogP contribution >= 0.6 is 39.3 Å². The van der Waals surface area contributed by atoms with Crippen molar-refractivity contribution >= 4 is 74.1 Å². The van der Waals surface area contributed by atoms with E-state index >= 15 is 0 Å². The number of halogens is 2. The number of hydrogen-bond acceptors (Lipinski definition) is 7. The summed E-state index contributed by atoms with van der Waals surface area (Å²) in [7, 11) is 0. The molecule has 2 aromatic carbocycles. The molecular weight excluding hydrogens is 574 g/mol. The number of benzene rings is 2. The largest absolute Gasteiger partial charge is 0.479 e. The minimum atomic E-state index is -1.15. The van der Waals surface area contributed by atoms with Crippen LogP contribution < -0.4 is 9.64 Å². The molecule has 0 aromatic heterocycles.